The standard InChI is InChI=1S/C13H11FS/c1-15-13-7-5-10(6-8-13)11-3-2-4-12(14)9-11/h2-9H,1H3. The van der Waals surface area contributed by atoms with Gasteiger partial charge in [0.05, 0.1) is 0 Å². The fourth-order valence-corrected chi connectivity index (χ4v) is 1.86. The van der Waals surface area contributed by atoms with Gasteiger partial charge in [-0.1, -0.05) is 24.3 Å². The molecule has 0 nitrogen and oxygen atoms in total. The third kappa shape index (κ3) is 2.39. The molecule has 0 aromatic heterocycles. The number of thioether (sulfide) groups is 1. The van der Waals surface area contributed by atoms with Gasteiger partial charge >= 0.3 is 0 Å². The van der Waals surface area contributed by atoms with E-state index in [0.29, 0.717) is 0 Å². The van der Waals surface area contributed by atoms with Crippen LogP contribution < -0.4 is 0 Å². The average molecular weight is 218 g/mol. The Morgan fingerprint density at radius 3 is 2.27 bits per heavy atom. The molecule has 2 aromatic carbocycles. The van der Waals surface area contributed by atoms with E-state index in [-0.39, 0.29) is 5.82 Å². The lowest BCUT2D eigenvalue weighted by atomic mass is 10.1. The van der Waals surface area contributed by atoms with Crippen molar-refractivity contribution < 1.29 is 4.39 Å². The smallest absolute Gasteiger partial charge is 0.123 e. The first-order valence-electron chi connectivity index (χ1n) is 4.69. The van der Waals surface area contributed by atoms with E-state index in [0.717, 1.165) is 11.1 Å². The first-order valence-corrected chi connectivity index (χ1v) is 5.92. The van der Waals surface area contributed by atoms with Crippen LogP contribution in [0.5, 0.6) is 0 Å². The zero-order chi connectivity index (χ0) is 10.7. The Kier molecular flexibility index (Phi) is 3.07. The molecule has 2 aromatic rings. The number of hydrogen-bond acceptors (Lipinski definition) is 1. The molecule has 0 saturated heterocycles. The molecule has 0 heterocycles. The monoisotopic (exact) mass is 218 g/mol. The SMILES string of the molecule is CSc1ccc(-c2cccc(F)c2)cc1. The average Bonchev–Trinajstić information content (AvgIpc) is 2.29. The largest absolute Gasteiger partial charge is 0.207 e. The van der Waals surface area contributed by atoms with Crippen molar-refractivity contribution in [3.63, 3.8) is 0 Å². The third-order valence-corrected chi connectivity index (χ3v) is 2.99. The quantitative estimate of drug-likeness (QED) is 0.680. The zero-order valence-corrected chi connectivity index (χ0v) is 9.22. The maximum Gasteiger partial charge on any atom is 0.123 e. The van der Waals surface area contributed by atoms with Crippen LogP contribution in [0.1, 0.15) is 0 Å². The number of hydrogen-bond donors (Lipinski definition) is 0. The fourth-order valence-electron chi connectivity index (χ4n) is 1.45. The summed E-state index contributed by atoms with van der Waals surface area (Å²) in [5, 5.41) is 0. The number of benzene rings is 2. The maximum atomic E-state index is 13.0. The lowest BCUT2D eigenvalue weighted by molar-refractivity contribution is 0.628. The predicted molar refractivity (Wildman–Crippen MR) is 63.6 cm³/mol. The van der Waals surface area contributed by atoms with Gasteiger partial charge in [0.2, 0.25) is 0 Å². The highest BCUT2D eigenvalue weighted by atomic mass is 32.2. The van der Waals surface area contributed by atoms with Crippen LogP contribution in [0.15, 0.2) is 53.4 Å². The molecule has 0 aliphatic heterocycles. The zero-order valence-electron chi connectivity index (χ0n) is 8.41. The summed E-state index contributed by atoms with van der Waals surface area (Å²) in [6.45, 7) is 0. The van der Waals surface area contributed by atoms with Crippen LogP contribution in [-0.4, -0.2) is 6.26 Å². The van der Waals surface area contributed by atoms with Crippen molar-refractivity contribution in [1.29, 1.82) is 0 Å². The van der Waals surface area contributed by atoms with Crippen LogP contribution in [0.2, 0.25) is 0 Å². The molecule has 0 amide bonds. The van der Waals surface area contributed by atoms with E-state index in [1.54, 1.807) is 23.9 Å². The Bertz CT molecular complexity index is 448. The minimum atomic E-state index is -0.193. The predicted octanol–water partition coefficient (Wildman–Crippen LogP) is 4.21. The summed E-state index contributed by atoms with van der Waals surface area (Å²) in [4.78, 5) is 1.22. The van der Waals surface area contributed by atoms with Crippen molar-refractivity contribution in [3.05, 3.63) is 54.3 Å². The molecule has 0 saturated carbocycles. The molecule has 76 valence electrons. The Hall–Kier alpha value is -1.28. The van der Waals surface area contributed by atoms with Crippen LogP contribution in [0.25, 0.3) is 11.1 Å². The molecule has 2 rings (SSSR count). The van der Waals surface area contributed by atoms with Crippen molar-refractivity contribution in [2.24, 2.45) is 0 Å². The summed E-state index contributed by atoms with van der Waals surface area (Å²) >= 11 is 1.70. The van der Waals surface area contributed by atoms with Gasteiger partial charge in [-0.2, -0.15) is 0 Å². The van der Waals surface area contributed by atoms with Crippen molar-refractivity contribution in [1.82, 2.24) is 0 Å². The first-order chi connectivity index (χ1) is 7.29. The lowest BCUT2D eigenvalue weighted by Crippen LogP contribution is -1.79. The molecule has 0 aliphatic rings. The van der Waals surface area contributed by atoms with Crippen LogP contribution >= 0.6 is 11.8 Å². The van der Waals surface area contributed by atoms with Gasteiger partial charge in [0, 0.05) is 4.90 Å². The third-order valence-electron chi connectivity index (χ3n) is 2.25. The molecule has 0 N–H and O–H groups in total. The van der Waals surface area contributed by atoms with Gasteiger partial charge < -0.3 is 0 Å². The van der Waals surface area contributed by atoms with Crippen LogP contribution in [0, 0.1) is 5.82 Å². The highest BCUT2D eigenvalue weighted by Gasteiger charge is 1.98. The van der Waals surface area contributed by atoms with E-state index in [9.17, 15) is 4.39 Å². The maximum absolute atomic E-state index is 13.0. The van der Waals surface area contributed by atoms with Crippen molar-refractivity contribution in [3.8, 4) is 11.1 Å². The summed E-state index contributed by atoms with van der Waals surface area (Å²) in [6.07, 6.45) is 2.04. The first kappa shape index (κ1) is 10.2. The summed E-state index contributed by atoms with van der Waals surface area (Å²) in [6, 6.07) is 14.8. The Balaban J connectivity index is 2.37. The van der Waals surface area contributed by atoms with E-state index in [1.165, 1.54) is 11.0 Å². The van der Waals surface area contributed by atoms with Gasteiger partial charge in [-0.25, -0.2) is 4.39 Å². The van der Waals surface area contributed by atoms with E-state index in [2.05, 4.69) is 0 Å². The Morgan fingerprint density at radius 1 is 0.933 bits per heavy atom. The minimum absolute atomic E-state index is 0.193. The van der Waals surface area contributed by atoms with E-state index in [1.807, 2.05) is 36.6 Å². The van der Waals surface area contributed by atoms with E-state index < -0.39 is 0 Å². The molecular weight excluding hydrogens is 207 g/mol. The summed E-state index contributed by atoms with van der Waals surface area (Å²) in [5.74, 6) is -0.193. The molecule has 0 spiro atoms. The summed E-state index contributed by atoms with van der Waals surface area (Å²) < 4.78 is 13.0. The minimum Gasteiger partial charge on any atom is -0.207 e. The van der Waals surface area contributed by atoms with Crippen LogP contribution in [0.4, 0.5) is 4.39 Å². The molecule has 0 atom stereocenters. The molecule has 0 bridgehead atoms. The van der Waals surface area contributed by atoms with E-state index in [4.69, 9.17) is 0 Å². The van der Waals surface area contributed by atoms with Crippen LogP contribution in [0.3, 0.4) is 0 Å². The fraction of sp³-hybridized carbons (Fsp3) is 0.0769. The highest BCUT2D eigenvalue weighted by molar-refractivity contribution is 7.98. The second-order valence-corrected chi connectivity index (χ2v) is 4.12. The molecule has 0 radical (unpaired) electrons. The van der Waals surface area contributed by atoms with Crippen LogP contribution in [-0.2, 0) is 0 Å². The van der Waals surface area contributed by atoms with Gasteiger partial charge in [0.1, 0.15) is 5.82 Å². The van der Waals surface area contributed by atoms with Crippen molar-refractivity contribution >= 4 is 11.8 Å². The summed E-state index contributed by atoms with van der Waals surface area (Å²) in [7, 11) is 0. The lowest BCUT2D eigenvalue weighted by Gasteiger charge is -2.02. The second kappa shape index (κ2) is 4.49. The van der Waals surface area contributed by atoms with Gasteiger partial charge in [-0.3, -0.25) is 0 Å². The molecule has 0 fully saturated rings. The molecule has 0 aliphatic carbocycles. The molecule has 0 unspecified atom stereocenters. The molecule has 15 heavy (non-hydrogen) atoms. The topological polar surface area (TPSA) is 0 Å². The Morgan fingerprint density at radius 2 is 1.67 bits per heavy atom. The number of halogens is 1. The van der Waals surface area contributed by atoms with Crippen molar-refractivity contribution in [2.75, 3.05) is 6.26 Å². The van der Waals surface area contributed by atoms with Gasteiger partial charge in [-0.15, -0.1) is 11.8 Å². The second-order valence-electron chi connectivity index (χ2n) is 3.24. The van der Waals surface area contributed by atoms with Gasteiger partial charge in [0.25, 0.3) is 0 Å². The summed E-state index contributed by atoms with van der Waals surface area (Å²) in [5.41, 5.74) is 1.97. The highest BCUT2D eigenvalue weighted by Crippen LogP contribution is 2.23. The van der Waals surface area contributed by atoms with Gasteiger partial charge in [0.15, 0.2) is 0 Å². The molecular formula is C13H11FS. The Labute approximate surface area is 93.1 Å². The normalized spacial score (nSPS) is 10.3. The van der Waals surface area contributed by atoms with E-state index >= 15 is 0 Å². The molecule has 2 heteroatoms. The van der Waals surface area contributed by atoms with Crippen molar-refractivity contribution in [2.45, 2.75) is 4.90 Å². The number of rotatable bonds is 2. The van der Waals surface area contributed by atoms with Gasteiger partial charge in [-0.05, 0) is 41.6 Å².